The molecule has 0 unspecified atom stereocenters. The van der Waals surface area contributed by atoms with Crippen molar-refractivity contribution >= 4 is 46.7 Å². The molecule has 15 nitrogen and oxygen atoms in total. The molecule has 7 N–H and O–H groups in total. The monoisotopic (exact) mass is 909 g/mol. The van der Waals surface area contributed by atoms with Gasteiger partial charge in [0.1, 0.15) is 34.4 Å². The molecular formula is C52H59N7O8. The van der Waals surface area contributed by atoms with Crippen LogP contribution in [0.2, 0.25) is 0 Å². The molecule has 5 aromatic rings. The highest BCUT2D eigenvalue weighted by molar-refractivity contribution is 5.99. The number of aromatic amines is 1. The lowest BCUT2D eigenvalue weighted by molar-refractivity contribution is -0.146. The summed E-state index contributed by atoms with van der Waals surface area (Å²) in [5, 5.41) is 6.39. The van der Waals surface area contributed by atoms with Gasteiger partial charge < -0.3 is 46.4 Å². The van der Waals surface area contributed by atoms with E-state index >= 15 is 0 Å². The number of hydrogen-bond acceptors (Lipinski definition) is 8. The third-order valence-electron chi connectivity index (χ3n) is 13.1. The van der Waals surface area contributed by atoms with Gasteiger partial charge in [-0.3, -0.25) is 19.2 Å². The average Bonchev–Trinajstić information content (AvgIpc) is 4.03. The summed E-state index contributed by atoms with van der Waals surface area (Å²) in [4.78, 5) is 89.9. The van der Waals surface area contributed by atoms with Gasteiger partial charge in [0, 0.05) is 35.2 Å². The summed E-state index contributed by atoms with van der Waals surface area (Å²) in [5.41, 5.74) is 14.8. The molecule has 350 valence electrons. The zero-order valence-electron chi connectivity index (χ0n) is 38.9. The number of primary amides is 2. The molecular weight excluding hydrogens is 851 g/mol. The number of hydrogen-bond donors (Lipinski definition) is 5. The first-order chi connectivity index (χ1) is 31.7. The van der Waals surface area contributed by atoms with Crippen molar-refractivity contribution in [1.29, 1.82) is 0 Å². The Morgan fingerprint density at radius 1 is 0.627 bits per heavy atom. The van der Waals surface area contributed by atoms with Gasteiger partial charge in [0.05, 0.1) is 0 Å². The second-order valence-electron chi connectivity index (χ2n) is 19.7. The third-order valence-corrected chi connectivity index (χ3v) is 13.1. The van der Waals surface area contributed by atoms with Crippen LogP contribution in [0.1, 0.15) is 113 Å². The fourth-order valence-corrected chi connectivity index (χ4v) is 10.2. The van der Waals surface area contributed by atoms with E-state index in [0.717, 1.165) is 33.3 Å². The molecule has 3 heterocycles. The standard InChI is InChI=1S/C52H59N7O8/c1-49(2,3)66-47(64)56-40(31-15-9-7-10-16-31)43(60)58-27-13-25-51(58,45(53)62)34-20-23-36-33(29-34)19-22-37-38-30-35(21-24-39(38)55-42(36)37)52(46(54)63)26-14-28-59(52)44(61)41(32-17-11-8-12-18-32)57-48(65)67-50(4,5)6/h7-12,15-18,20-21,23-24,29-30,40-41,55H,13-14,19,22,25-28H2,1-6H3,(H2,53,62)(H2,54,63)(H,56,64)(H,57,65)/t40-,41-,51-,52-/m0/s1. The van der Waals surface area contributed by atoms with E-state index in [0.29, 0.717) is 54.4 Å². The second kappa shape index (κ2) is 17.6. The van der Waals surface area contributed by atoms with Crippen LogP contribution in [0.4, 0.5) is 9.59 Å². The van der Waals surface area contributed by atoms with E-state index in [1.54, 1.807) is 90.1 Å². The molecule has 0 bridgehead atoms. The Hall–Kier alpha value is -7.16. The first-order valence-electron chi connectivity index (χ1n) is 22.8. The number of H-pyrrole nitrogens is 1. The zero-order valence-corrected chi connectivity index (χ0v) is 38.9. The van der Waals surface area contributed by atoms with Gasteiger partial charge in [-0.25, -0.2) is 9.59 Å². The van der Waals surface area contributed by atoms with Gasteiger partial charge in [-0.05, 0) is 126 Å². The van der Waals surface area contributed by atoms with Gasteiger partial charge >= 0.3 is 12.2 Å². The molecule has 6 amide bonds. The van der Waals surface area contributed by atoms with Gasteiger partial charge in [0.25, 0.3) is 11.8 Å². The predicted molar refractivity (Wildman–Crippen MR) is 252 cm³/mol. The summed E-state index contributed by atoms with van der Waals surface area (Å²) in [6.45, 7) is 10.9. The second-order valence-corrected chi connectivity index (χ2v) is 19.7. The molecule has 0 radical (unpaired) electrons. The number of rotatable bonds is 10. The lowest BCUT2D eigenvalue weighted by Gasteiger charge is -2.39. The van der Waals surface area contributed by atoms with Crippen LogP contribution < -0.4 is 22.1 Å². The Labute approximate surface area is 389 Å². The molecule has 15 heteroatoms. The minimum Gasteiger partial charge on any atom is -0.444 e. The molecule has 2 saturated heterocycles. The van der Waals surface area contributed by atoms with Crippen LogP contribution in [0.5, 0.6) is 0 Å². The van der Waals surface area contributed by atoms with Gasteiger partial charge in [-0.2, -0.15) is 0 Å². The third kappa shape index (κ3) is 8.70. The number of carbonyl (C=O) groups excluding carboxylic acids is 6. The summed E-state index contributed by atoms with van der Waals surface area (Å²) < 4.78 is 11.1. The summed E-state index contributed by atoms with van der Waals surface area (Å²) in [7, 11) is 0. The van der Waals surface area contributed by atoms with Crippen molar-refractivity contribution < 1.29 is 38.2 Å². The van der Waals surface area contributed by atoms with Crippen molar-refractivity contribution in [2.24, 2.45) is 11.5 Å². The number of aryl methyl sites for hydroxylation is 2. The Bertz CT molecular complexity index is 2760. The van der Waals surface area contributed by atoms with Crippen LogP contribution in [-0.4, -0.2) is 74.9 Å². The first-order valence-corrected chi connectivity index (χ1v) is 22.8. The number of aromatic nitrogens is 1. The van der Waals surface area contributed by atoms with E-state index in [2.05, 4.69) is 15.6 Å². The minimum absolute atomic E-state index is 0.239. The SMILES string of the molecule is CC(C)(C)OC(=O)N[C@H](C(=O)N1CCC[C@@]1(C(N)=O)c1ccc2c(c1)CCc1c-2[nH]c2ccc([C@]3(C(N)=O)CCCN3C(=O)[C@@H](NC(=O)OC(C)(C)C)c3ccccc3)cc12)c1ccccc1. The van der Waals surface area contributed by atoms with Crippen molar-refractivity contribution in [1.82, 2.24) is 25.4 Å². The number of nitrogens with two attached hydrogens (primary N) is 2. The predicted octanol–water partition coefficient (Wildman–Crippen LogP) is 7.07. The number of alkyl carbamates (subject to hydrolysis) is 2. The van der Waals surface area contributed by atoms with Crippen LogP contribution in [0.15, 0.2) is 97.1 Å². The summed E-state index contributed by atoms with van der Waals surface area (Å²) in [6.07, 6.45) is 1.25. The first kappa shape index (κ1) is 46.4. The van der Waals surface area contributed by atoms with Crippen LogP contribution in [-0.2, 0) is 52.6 Å². The van der Waals surface area contributed by atoms with Crippen LogP contribution in [0.25, 0.3) is 22.2 Å². The maximum absolute atomic E-state index is 14.7. The normalized spacial score (nSPS) is 20.0. The molecule has 1 aromatic heterocycles. The van der Waals surface area contributed by atoms with Crippen LogP contribution in [0, 0.1) is 0 Å². The van der Waals surface area contributed by atoms with E-state index < -0.39 is 70.2 Å². The van der Waals surface area contributed by atoms with E-state index in [9.17, 15) is 28.8 Å². The number of nitrogens with zero attached hydrogens (tertiary/aromatic N) is 2. The lowest BCUT2D eigenvalue weighted by atomic mass is 9.80. The van der Waals surface area contributed by atoms with Crippen molar-refractivity contribution in [2.45, 2.75) is 114 Å². The number of nitrogens with one attached hydrogen (secondary N) is 3. The number of amides is 6. The largest absolute Gasteiger partial charge is 0.444 e. The number of carbonyl (C=O) groups is 6. The minimum atomic E-state index is -1.50. The Morgan fingerprint density at radius 3 is 1.55 bits per heavy atom. The lowest BCUT2D eigenvalue weighted by Crippen LogP contribution is -2.56. The summed E-state index contributed by atoms with van der Waals surface area (Å²) >= 11 is 0. The smallest absolute Gasteiger partial charge is 0.408 e. The number of fused-ring (bicyclic) bond motifs is 5. The van der Waals surface area contributed by atoms with E-state index in [4.69, 9.17) is 20.9 Å². The molecule has 0 saturated carbocycles. The van der Waals surface area contributed by atoms with Gasteiger partial charge in [0.15, 0.2) is 0 Å². The van der Waals surface area contributed by atoms with E-state index in [-0.39, 0.29) is 19.5 Å². The number of benzene rings is 4. The topological polar surface area (TPSA) is 219 Å². The Morgan fingerprint density at radius 2 is 1.09 bits per heavy atom. The molecule has 2 aliphatic heterocycles. The van der Waals surface area contributed by atoms with Crippen molar-refractivity contribution in [3.05, 3.63) is 130 Å². The summed E-state index contributed by atoms with van der Waals surface area (Å²) in [5.74, 6) is -2.32. The van der Waals surface area contributed by atoms with Crippen molar-refractivity contribution in [3.8, 4) is 11.3 Å². The Balaban J connectivity index is 1.12. The van der Waals surface area contributed by atoms with E-state index in [1.165, 1.54) is 9.80 Å². The van der Waals surface area contributed by atoms with Crippen molar-refractivity contribution in [2.75, 3.05) is 13.1 Å². The average molecular weight is 910 g/mol. The van der Waals surface area contributed by atoms with Gasteiger partial charge in [-0.1, -0.05) is 84.9 Å². The molecule has 4 atom stereocenters. The molecule has 4 aromatic carbocycles. The molecule has 8 rings (SSSR count). The molecule has 0 spiro atoms. The quantitative estimate of drug-likeness (QED) is 0.0974. The number of likely N-dealkylation sites (tertiary alicyclic amines) is 2. The highest BCUT2D eigenvalue weighted by atomic mass is 16.6. The Kier molecular flexibility index (Phi) is 12.2. The van der Waals surface area contributed by atoms with Gasteiger partial charge in [0.2, 0.25) is 11.8 Å². The van der Waals surface area contributed by atoms with Gasteiger partial charge in [-0.15, -0.1) is 0 Å². The highest BCUT2D eigenvalue weighted by Crippen LogP contribution is 2.46. The van der Waals surface area contributed by atoms with Crippen molar-refractivity contribution in [3.63, 3.8) is 0 Å². The maximum Gasteiger partial charge on any atom is 0.408 e. The highest BCUT2D eigenvalue weighted by Gasteiger charge is 2.53. The zero-order chi connectivity index (χ0) is 48.1. The molecule has 3 aliphatic rings. The summed E-state index contributed by atoms with van der Waals surface area (Å²) in [6, 6.07) is 26.8. The fourth-order valence-electron chi connectivity index (χ4n) is 10.2. The molecule has 2 fully saturated rings. The molecule has 67 heavy (non-hydrogen) atoms. The molecule has 1 aliphatic carbocycles. The van der Waals surface area contributed by atoms with Crippen LogP contribution in [0.3, 0.4) is 0 Å². The van der Waals surface area contributed by atoms with E-state index in [1.807, 2.05) is 48.5 Å². The number of ether oxygens (including phenoxy) is 2. The maximum atomic E-state index is 14.7. The fraction of sp³-hybridized carbons (Fsp3) is 0.385. The van der Waals surface area contributed by atoms with Crippen LogP contribution >= 0.6 is 0 Å².